The number of rotatable bonds is 6. The van der Waals surface area contributed by atoms with E-state index in [1.807, 2.05) is 11.0 Å². The van der Waals surface area contributed by atoms with Gasteiger partial charge in [0.05, 0.1) is 18.2 Å². The van der Waals surface area contributed by atoms with Crippen LogP contribution < -0.4 is 5.32 Å². The number of piperazine rings is 1. The Hall–Kier alpha value is -2.58. The Kier molecular flexibility index (Phi) is 6.71. The molecule has 8 nitrogen and oxygen atoms in total. The highest BCUT2D eigenvalue weighted by molar-refractivity contribution is 6.31. The van der Waals surface area contributed by atoms with Gasteiger partial charge in [-0.25, -0.2) is 9.59 Å². The van der Waals surface area contributed by atoms with E-state index in [9.17, 15) is 14.4 Å². The molecule has 3 aliphatic rings. The van der Waals surface area contributed by atoms with Gasteiger partial charge in [-0.2, -0.15) is 0 Å². The van der Waals surface area contributed by atoms with Crippen LogP contribution >= 0.6 is 11.6 Å². The van der Waals surface area contributed by atoms with E-state index >= 15 is 0 Å². The third-order valence-electron chi connectivity index (χ3n) is 6.27. The average molecular weight is 461 g/mol. The van der Waals surface area contributed by atoms with Crippen molar-refractivity contribution in [2.24, 2.45) is 5.92 Å². The lowest BCUT2D eigenvalue weighted by atomic mass is 9.94. The van der Waals surface area contributed by atoms with Gasteiger partial charge in [-0.1, -0.05) is 29.8 Å². The number of carbonyl (C=O) groups excluding carboxylic acids is 3. The number of ether oxygens (including phenoxy) is 1. The van der Waals surface area contributed by atoms with Crippen LogP contribution in [0.3, 0.4) is 0 Å². The lowest BCUT2D eigenvalue weighted by Gasteiger charge is -2.39. The van der Waals surface area contributed by atoms with E-state index in [1.54, 1.807) is 32.2 Å². The molecular weight excluding hydrogens is 432 g/mol. The topological polar surface area (TPSA) is 82.2 Å². The maximum atomic E-state index is 13.0. The maximum absolute atomic E-state index is 13.0. The molecule has 9 heteroatoms. The SMILES string of the molecule is CCOC(=O)C1=C(CN2CCN(C(=O)C3CC3)CC2)N(C)C(=O)NC1c1ccccc1Cl. The molecule has 32 heavy (non-hydrogen) atoms. The van der Waals surface area contributed by atoms with Gasteiger partial charge in [-0.05, 0) is 31.4 Å². The summed E-state index contributed by atoms with van der Waals surface area (Å²) in [6, 6.07) is 6.17. The summed E-state index contributed by atoms with van der Waals surface area (Å²) in [5, 5.41) is 3.36. The van der Waals surface area contributed by atoms with E-state index in [0.29, 0.717) is 54.6 Å². The third-order valence-corrected chi connectivity index (χ3v) is 6.62. The number of hydrogen-bond acceptors (Lipinski definition) is 5. The molecule has 1 saturated carbocycles. The molecule has 4 rings (SSSR count). The van der Waals surface area contributed by atoms with Crippen LogP contribution in [0.1, 0.15) is 31.4 Å². The first-order valence-corrected chi connectivity index (χ1v) is 11.5. The van der Waals surface area contributed by atoms with Crippen molar-refractivity contribution >= 4 is 29.5 Å². The molecule has 1 aromatic carbocycles. The lowest BCUT2D eigenvalue weighted by molar-refractivity contribution is -0.139. The summed E-state index contributed by atoms with van der Waals surface area (Å²) < 4.78 is 5.37. The van der Waals surface area contributed by atoms with Gasteiger partial charge in [0.25, 0.3) is 0 Å². The van der Waals surface area contributed by atoms with E-state index in [1.165, 1.54) is 4.90 Å². The minimum Gasteiger partial charge on any atom is -0.463 e. The number of likely N-dealkylation sites (N-methyl/N-ethyl adjacent to an activating group) is 1. The minimum atomic E-state index is -0.695. The molecule has 172 valence electrons. The van der Waals surface area contributed by atoms with Crippen molar-refractivity contribution < 1.29 is 19.1 Å². The van der Waals surface area contributed by atoms with E-state index in [0.717, 1.165) is 12.8 Å². The molecule has 1 unspecified atom stereocenters. The van der Waals surface area contributed by atoms with E-state index in [2.05, 4.69) is 10.2 Å². The zero-order valence-electron chi connectivity index (χ0n) is 18.5. The predicted molar refractivity (Wildman–Crippen MR) is 120 cm³/mol. The largest absolute Gasteiger partial charge is 0.463 e. The van der Waals surface area contributed by atoms with Gasteiger partial charge in [-0.3, -0.25) is 14.6 Å². The fourth-order valence-corrected chi connectivity index (χ4v) is 4.51. The Morgan fingerprint density at radius 3 is 2.47 bits per heavy atom. The van der Waals surface area contributed by atoms with Crippen molar-refractivity contribution in [1.82, 2.24) is 20.0 Å². The average Bonchev–Trinajstić information content (AvgIpc) is 3.63. The summed E-state index contributed by atoms with van der Waals surface area (Å²) in [5.74, 6) is -0.00457. The Balaban J connectivity index is 1.61. The van der Waals surface area contributed by atoms with Crippen molar-refractivity contribution in [1.29, 1.82) is 0 Å². The number of esters is 1. The zero-order valence-corrected chi connectivity index (χ0v) is 19.2. The molecule has 0 bridgehead atoms. The number of amides is 3. The van der Waals surface area contributed by atoms with Gasteiger partial charge in [0, 0.05) is 56.4 Å². The highest BCUT2D eigenvalue weighted by Crippen LogP contribution is 2.35. The molecule has 1 aromatic rings. The van der Waals surface area contributed by atoms with E-state index < -0.39 is 12.0 Å². The van der Waals surface area contributed by atoms with Crippen LogP contribution in [-0.2, 0) is 14.3 Å². The fourth-order valence-electron chi connectivity index (χ4n) is 4.27. The molecular formula is C23H29ClN4O4. The molecule has 2 heterocycles. The first kappa shape index (κ1) is 22.6. The van der Waals surface area contributed by atoms with E-state index in [-0.39, 0.29) is 24.5 Å². The number of benzene rings is 1. The quantitative estimate of drug-likeness (QED) is 0.659. The van der Waals surface area contributed by atoms with Crippen LogP contribution in [0.5, 0.6) is 0 Å². The molecule has 0 radical (unpaired) electrons. The summed E-state index contributed by atoms with van der Waals surface area (Å²) in [6.45, 7) is 5.07. The standard InChI is InChI=1S/C23H29ClN4O4/c1-3-32-22(30)19-18(14-27-10-12-28(13-11-27)21(29)15-8-9-15)26(2)23(31)25-20(19)16-6-4-5-7-17(16)24/h4-7,15,20H,3,8-14H2,1-2H3,(H,25,31). The van der Waals surface area contributed by atoms with Gasteiger partial charge in [0.15, 0.2) is 0 Å². The number of carbonyl (C=O) groups is 3. The zero-order chi connectivity index (χ0) is 22.8. The summed E-state index contributed by atoms with van der Waals surface area (Å²) in [7, 11) is 1.65. The summed E-state index contributed by atoms with van der Waals surface area (Å²) >= 11 is 6.42. The predicted octanol–water partition coefficient (Wildman–Crippen LogP) is 2.41. The van der Waals surface area contributed by atoms with Gasteiger partial charge >= 0.3 is 12.0 Å². The van der Waals surface area contributed by atoms with Crippen molar-refractivity contribution in [2.75, 3.05) is 46.4 Å². The number of nitrogens with one attached hydrogen (secondary N) is 1. The van der Waals surface area contributed by atoms with Crippen molar-refractivity contribution in [2.45, 2.75) is 25.8 Å². The fraction of sp³-hybridized carbons (Fsp3) is 0.522. The second-order valence-electron chi connectivity index (χ2n) is 8.42. The molecule has 2 aliphatic heterocycles. The summed E-state index contributed by atoms with van der Waals surface area (Å²) in [6.07, 6.45) is 2.00. The Morgan fingerprint density at radius 1 is 1.16 bits per heavy atom. The highest BCUT2D eigenvalue weighted by Gasteiger charge is 2.39. The highest BCUT2D eigenvalue weighted by atomic mass is 35.5. The summed E-state index contributed by atoms with van der Waals surface area (Å²) in [5.41, 5.74) is 1.63. The molecule has 1 aliphatic carbocycles. The second kappa shape index (κ2) is 9.50. The van der Waals surface area contributed by atoms with Crippen LogP contribution in [0.15, 0.2) is 35.5 Å². The minimum absolute atomic E-state index is 0.212. The van der Waals surface area contributed by atoms with Crippen LogP contribution in [0, 0.1) is 5.92 Å². The van der Waals surface area contributed by atoms with Crippen LogP contribution in [0.2, 0.25) is 5.02 Å². The normalized spacial score (nSPS) is 22.1. The van der Waals surface area contributed by atoms with Crippen molar-refractivity contribution in [3.05, 3.63) is 46.1 Å². The first-order chi connectivity index (χ1) is 15.4. The Labute approximate surface area is 193 Å². The van der Waals surface area contributed by atoms with Gasteiger partial charge in [0.2, 0.25) is 5.91 Å². The number of nitrogens with zero attached hydrogens (tertiary/aromatic N) is 3. The molecule has 1 atom stereocenters. The maximum Gasteiger partial charge on any atom is 0.338 e. The molecule has 0 spiro atoms. The molecule has 0 aromatic heterocycles. The number of halogens is 1. The Morgan fingerprint density at radius 2 is 1.84 bits per heavy atom. The van der Waals surface area contributed by atoms with Gasteiger partial charge < -0.3 is 15.0 Å². The molecule has 1 saturated heterocycles. The third kappa shape index (κ3) is 4.61. The Bertz CT molecular complexity index is 938. The first-order valence-electron chi connectivity index (χ1n) is 11.1. The van der Waals surface area contributed by atoms with Gasteiger partial charge in [-0.15, -0.1) is 0 Å². The van der Waals surface area contributed by atoms with E-state index in [4.69, 9.17) is 16.3 Å². The monoisotopic (exact) mass is 460 g/mol. The second-order valence-corrected chi connectivity index (χ2v) is 8.83. The van der Waals surface area contributed by atoms with Gasteiger partial charge in [0.1, 0.15) is 0 Å². The number of hydrogen-bond donors (Lipinski definition) is 1. The lowest BCUT2D eigenvalue weighted by Crippen LogP contribution is -2.53. The van der Waals surface area contributed by atoms with Crippen molar-refractivity contribution in [3.8, 4) is 0 Å². The molecule has 1 N–H and O–H groups in total. The van der Waals surface area contributed by atoms with Crippen LogP contribution in [0.4, 0.5) is 4.79 Å². The van der Waals surface area contributed by atoms with Crippen molar-refractivity contribution in [3.63, 3.8) is 0 Å². The summed E-state index contributed by atoms with van der Waals surface area (Å²) in [4.78, 5) is 43.8. The van der Waals surface area contributed by atoms with Crippen LogP contribution in [0.25, 0.3) is 0 Å². The molecule has 3 amide bonds. The number of urea groups is 1. The smallest absolute Gasteiger partial charge is 0.338 e. The van der Waals surface area contributed by atoms with Crippen LogP contribution in [-0.4, -0.2) is 79.0 Å². The molecule has 2 fully saturated rings.